The van der Waals surface area contributed by atoms with Crippen molar-refractivity contribution in [3.63, 3.8) is 0 Å². The molecule has 0 radical (unpaired) electrons. The van der Waals surface area contributed by atoms with Gasteiger partial charge < -0.3 is 9.84 Å². The van der Waals surface area contributed by atoms with E-state index in [0.29, 0.717) is 33.3 Å². The minimum absolute atomic E-state index is 0.0142. The highest BCUT2D eigenvalue weighted by molar-refractivity contribution is 6.51. The van der Waals surface area contributed by atoms with E-state index in [1.807, 2.05) is 49.4 Å². The molecule has 4 aromatic carbocycles. The number of hydrogen-bond acceptors (Lipinski definition) is 4. The Bertz CT molecular complexity index is 1480. The average Bonchev–Trinajstić information content (AvgIpc) is 3.15. The fourth-order valence-electron chi connectivity index (χ4n) is 4.28. The maximum absolute atomic E-state index is 13.3. The normalized spacial score (nSPS) is 16.8. The topological polar surface area (TPSA) is 66.8 Å². The van der Waals surface area contributed by atoms with Gasteiger partial charge in [0.05, 0.1) is 11.6 Å². The first kappa shape index (κ1) is 23.4. The van der Waals surface area contributed by atoms with E-state index >= 15 is 0 Å². The summed E-state index contributed by atoms with van der Waals surface area (Å²) in [5.74, 6) is -0.587. The van der Waals surface area contributed by atoms with E-state index in [2.05, 4.69) is 0 Å². The molecule has 5 nitrogen and oxygen atoms in total. The number of halogens is 1. The van der Waals surface area contributed by atoms with Gasteiger partial charge in [-0.3, -0.25) is 14.5 Å². The lowest BCUT2D eigenvalue weighted by atomic mass is 9.95. The second kappa shape index (κ2) is 9.72. The largest absolute Gasteiger partial charge is 0.507 e. The third-order valence-electron chi connectivity index (χ3n) is 6.01. The molecule has 6 heteroatoms. The van der Waals surface area contributed by atoms with Crippen LogP contribution in [0.25, 0.3) is 5.76 Å². The lowest BCUT2D eigenvalue weighted by Gasteiger charge is -2.26. The first-order chi connectivity index (χ1) is 17.4. The summed E-state index contributed by atoms with van der Waals surface area (Å²) in [5, 5.41) is 11.7. The van der Waals surface area contributed by atoms with E-state index in [4.69, 9.17) is 16.3 Å². The number of ether oxygens (including phenoxy) is 1. The Kier molecular flexibility index (Phi) is 6.32. The van der Waals surface area contributed by atoms with Crippen LogP contribution in [0.15, 0.2) is 109 Å². The second-order valence-electron chi connectivity index (χ2n) is 8.50. The van der Waals surface area contributed by atoms with Gasteiger partial charge >= 0.3 is 0 Å². The van der Waals surface area contributed by atoms with Crippen molar-refractivity contribution in [3.05, 3.63) is 130 Å². The quantitative estimate of drug-likeness (QED) is 0.183. The molecule has 36 heavy (non-hydrogen) atoms. The van der Waals surface area contributed by atoms with E-state index in [-0.39, 0.29) is 11.3 Å². The average molecular weight is 496 g/mol. The van der Waals surface area contributed by atoms with Gasteiger partial charge in [0, 0.05) is 16.3 Å². The van der Waals surface area contributed by atoms with Crippen molar-refractivity contribution < 1.29 is 19.4 Å². The van der Waals surface area contributed by atoms with Crippen LogP contribution in [0.2, 0.25) is 5.02 Å². The highest BCUT2D eigenvalue weighted by atomic mass is 35.5. The number of aryl methyl sites for hydroxylation is 1. The minimum atomic E-state index is -0.869. The highest BCUT2D eigenvalue weighted by Crippen LogP contribution is 2.43. The summed E-state index contributed by atoms with van der Waals surface area (Å²) >= 11 is 6.14. The first-order valence-corrected chi connectivity index (χ1v) is 11.8. The van der Waals surface area contributed by atoms with Gasteiger partial charge in [-0.2, -0.15) is 0 Å². The molecule has 1 heterocycles. The van der Waals surface area contributed by atoms with Crippen LogP contribution in [0, 0.1) is 6.92 Å². The van der Waals surface area contributed by atoms with Gasteiger partial charge in [-0.25, -0.2) is 0 Å². The van der Waals surface area contributed by atoms with Crippen LogP contribution in [-0.4, -0.2) is 16.8 Å². The SMILES string of the molecule is Cc1ccc(N2C(=O)C(=O)/C(=C(\O)c3cccc(Cl)c3)C2c2cccc(Oc3ccccc3)c2)cc1. The fourth-order valence-corrected chi connectivity index (χ4v) is 4.47. The molecule has 4 aromatic rings. The molecule has 1 atom stereocenters. The fraction of sp³-hybridized carbons (Fsp3) is 0.0667. The number of amides is 1. The Morgan fingerprint density at radius 3 is 2.25 bits per heavy atom. The van der Waals surface area contributed by atoms with Gasteiger partial charge in [-0.05, 0) is 61.0 Å². The molecule has 1 saturated heterocycles. The number of benzene rings is 4. The van der Waals surface area contributed by atoms with E-state index in [0.717, 1.165) is 5.56 Å². The number of rotatable bonds is 5. The van der Waals surface area contributed by atoms with Crippen LogP contribution in [0.3, 0.4) is 0 Å². The molecular weight excluding hydrogens is 474 g/mol. The summed E-state index contributed by atoms with van der Waals surface area (Å²) in [5.41, 5.74) is 2.52. The lowest BCUT2D eigenvalue weighted by Crippen LogP contribution is -2.29. The van der Waals surface area contributed by atoms with E-state index in [9.17, 15) is 14.7 Å². The first-order valence-electron chi connectivity index (χ1n) is 11.4. The molecule has 0 aliphatic carbocycles. The summed E-state index contributed by atoms with van der Waals surface area (Å²) < 4.78 is 6.00. The molecule has 1 aliphatic rings. The van der Waals surface area contributed by atoms with E-state index in [1.54, 1.807) is 60.7 Å². The molecule has 0 aromatic heterocycles. The van der Waals surface area contributed by atoms with Crippen molar-refractivity contribution in [1.82, 2.24) is 0 Å². The monoisotopic (exact) mass is 495 g/mol. The maximum Gasteiger partial charge on any atom is 0.300 e. The number of carbonyl (C=O) groups is 2. The van der Waals surface area contributed by atoms with Crippen LogP contribution in [-0.2, 0) is 9.59 Å². The zero-order valence-corrected chi connectivity index (χ0v) is 20.1. The Labute approximate surface area is 213 Å². The molecule has 1 amide bonds. The molecular formula is C30H22ClNO4. The molecule has 178 valence electrons. The number of para-hydroxylation sites is 1. The Hall–Kier alpha value is -4.35. The molecule has 1 unspecified atom stereocenters. The van der Waals surface area contributed by atoms with E-state index in [1.165, 1.54) is 4.90 Å². The van der Waals surface area contributed by atoms with Crippen LogP contribution in [0.5, 0.6) is 11.5 Å². The zero-order valence-electron chi connectivity index (χ0n) is 19.4. The predicted molar refractivity (Wildman–Crippen MR) is 140 cm³/mol. The molecule has 0 saturated carbocycles. The molecule has 0 bridgehead atoms. The van der Waals surface area contributed by atoms with Crippen molar-refractivity contribution in [2.24, 2.45) is 0 Å². The van der Waals surface area contributed by atoms with Crippen LogP contribution < -0.4 is 9.64 Å². The summed E-state index contributed by atoms with van der Waals surface area (Å²) in [7, 11) is 0. The van der Waals surface area contributed by atoms with Crippen LogP contribution in [0.4, 0.5) is 5.69 Å². The summed E-state index contributed by atoms with van der Waals surface area (Å²) in [4.78, 5) is 28.1. The van der Waals surface area contributed by atoms with Crippen molar-refractivity contribution in [2.75, 3.05) is 4.90 Å². The number of anilines is 1. The predicted octanol–water partition coefficient (Wildman–Crippen LogP) is 7.07. The Morgan fingerprint density at radius 1 is 0.833 bits per heavy atom. The molecule has 1 fully saturated rings. The molecule has 1 aliphatic heterocycles. The van der Waals surface area contributed by atoms with Crippen molar-refractivity contribution in [3.8, 4) is 11.5 Å². The number of ketones is 1. The van der Waals surface area contributed by atoms with Gasteiger partial charge in [0.25, 0.3) is 11.7 Å². The summed E-state index contributed by atoms with van der Waals surface area (Å²) in [6.07, 6.45) is 0. The van der Waals surface area contributed by atoms with Gasteiger partial charge in [0.1, 0.15) is 17.3 Å². The van der Waals surface area contributed by atoms with Crippen LogP contribution in [0.1, 0.15) is 22.7 Å². The third kappa shape index (κ3) is 4.49. The van der Waals surface area contributed by atoms with Gasteiger partial charge in [0.15, 0.2) is 0 Å². The molecule has 1 N–H and O–H groups in total. The number of nitrogens with zero attached hydrogens (tertiary/aromatic N) is 1. The Balaban J connectivity index is 1.67. The van der Waals surface area contributed by atoms with Gasteiger partial charge in [-0.15, -0.1) is 0 Å². The van der Waals surface area contributed by atoms with Crippen molar-refractivity contribution in [2.45, 2.75) is 13.0 Å². The standard InChI is InChI=1S/C30H22ClNO4/c1-19-13-15-23(16-14-19)32-27(20-7-6-12-25(18-20)36-24-10-3-2-4-11-24)26(29(34)30(32)35)28(33)21-8-5-9-22(31)17-21/h2-18,27,33H,1H3/b28-26-. The number of Topliss-reactive ketones (excluding diaryl/α,β-unsaturated/α-hetero) is 1. The number of carbonyl (C=O) groups excluding carboxylic acids is 2. The highest BCUT2D eigenvalue weighted by Gasteiger charge is 2.47. The zero-order chi connectivity index (χ0) is 25.2. The molecule has 5 rings (SSSR count). The minimum Gasteiger partial charge on any atom is -0.507 e. The lowest BCUT2D eigenvalue weighted by molar-refractivity contribution is -0.132. The third-order valence-corrected chi connectivity index (χ3v) is 6.24. The number of aliphatic hydroxyl groups excluding tert-OH is 1. The van der Waals surface area contributed by atoms with Gasteiger partial charge in [0.2, 0.25) is 0 Å². The van der Waals surface area contributed by atoms with Crippen LogP contribution >= 0.6 is 11.6 Å². The van der Waals surface area contributed by atoms with Crippen molar-refractivity contribution >= 4 is 34.7 Å². The van der Waals surface area contributed by atoms with Crippen molar-refractivity contribution in [1.29, 1.82) is 0 Å². The smallest absolute Gasteiger partial charge is 0.300 e. The second-order valence-corrected chi connectivity index (χ2v) is 8.94. The summed E-state index contributed by atoms with van der Waals surface area (Å²) in [6, 6.07) is 29.5. The Morgan fingerprint density at radius 2 is 1.53 bits per heavy atom. The maximum atomic E-state index is 13.3. The number of aliphatic hydroxyl groups is 1. The van der Waals surface area contributed by atoms with E-state index < -0.39 is 17.7 Å². The summed E-state index contributed by atoms with van der Waals surface area (Å²) in [6.45, 7) is 1.94. The number of hydrogen-bond donors (Lipinski definition) is 1. The van der Waals surface area contributed by atoms with Gasteiger partial charge in [-0.1, -0.05) is 71.8 Å². The molecule has 0 spiro atoms.